The van der Waals surface area contributed by atoms with E-state index in [1.54, 1.807) is 9.80 Å². The number of nitrogens with zero attached hydrogens (tertiary/aromatic N) is 2. The number of nitrogens with two attached hydrogens (primary N) is 1. The third-order valence-corrected chi connectivity index (χ3v) is 5.12. The topological polar surface area (TPSA) is 95.7 Å². The molecular weight excluding hydrogens is 356 g/mol. The molecule has 3 amide bonds. The van der Waals surface area contributed by atoms with Crippen molar-refractivity contribution in [3.8, 4) is 0 Å². The Kier molecular flexibility index (Phi) is 9.94. The zero-order valence-electron chi connectivity index (χ0n) is 15.7. The Balaban J connectivity index is 0.00000338. The standard InChI is InChI=1S/C18H32N4O3.ClH/c1-2-6-16(23)22-12-4-3-8-15(22)18(25)21-11-5-7-14(13-21)17(24)20-10-9-19;/h14-15H,2-13,19H2,1H3,(H,20,24);1H. The van der Waals surface area contributed by atoms with Crippen molar-refractivity contribution in [1.82, 2.24) is 15.1 Å². The molecule has 8 heteroatoms. The van der Waals surface area contributed by atoms with E-state index in [1.165, 1.54) is 0 Å². The first kappa shape index (κ1) is 22.7. The van der Waals surface area contributed by atoms with Gasteiger partial charge in [0.1, 0.15) is 6.04 Å². The molecule has 2 rings (SSSR count). The predicted molar refractivity (Wildman–Crippen MR) is 103 cm³/mol. The molecule has 26 heavy (non-hydrogen) atoms. The Morgan fingerprint density at radius 1 is 1.12 bits per heavy atom. The second kappa shape index (κ2) is 11.4. The van der Waals surface area contributed by atoms with Gasteiger partial charge in [-0.05, 0) is 38.5 Å². The lowest BCUT2D eigenvalue weighted by molar-refractivity contribution is -0.149. The number of carbonyl (C=O) groups excluding carboxylic acids is 3. The van der Waals surface area contributed by atoms with Crippen LogP contribution >= 0.6 is 12.4 Å². The number of carbonyl (C=O) groups is 3. The van der Waals surface area contributed by atoms with Gasteiger partial charge in [0.25, 0.3) is 0 Å². The SMILES string of the molecule is CCCC(=O)N1CCCCC1C(=O)N1CCCC(C(=O)NCCN)C1.Cl. The molecule has 7 nitrogen and oxygen atoms in total. The van der Waals surface area contributed by atoms with Crippen LogP contribution in [0.3, 0.4) is 0 Å². The van der Waals surface area contributed by atoms with Gasteiger partial charge in [-0.1, -0.05) is 6.92 Å². The summed E-state index contributed by atoms with van der Waals surface area (Å²) in [5, 5.41) is 2.82. The number of amides is 3. The molecule has 2 atom stereocenters. The van der Waals surface area contributed by atoms with Crippen LogP contribution in [0.5, 0.6) is 0 Å². The summed E-state index contributed by atoms with van der Waals surface area (Å²) in [5.74, 6) is -0.103. The van der Waals surface area contributed by atoms with Crippen molar-refractivity contribution in [2.75, 3.05) is 32.7 Å². The average Bonchev–Trinajstić information content (AvgIpc) is 2.65. The number of likely N-dealkylation sites (tertiary alicyclic amines) is 2. The van der Waals surface area contributed by atoms with E-state index in [9.17, 15) is 14.4 Å². The Hall–Kier alpha value is -1.34. The van der Waals surface area contributed by atoms with Crippen LogP contribution in [0.25, 0.3) is 0 Å². The van der Waals surface area contributed by atoms with E-state index in [2.05, 4.69) is 5.32 Å². The van der Waals surface area contributed by atoms with Gasteiger partial charge >= 0.3 is 0 Å². The summed E-state index contributed by atoms with van der Waals surface area (Å²) in [4.78, 5) is 41.2. The summed E-state index contributed by atoms with van der Waals surface area (Å²) >= 11 is 0. The number of hydrogen-bond acceptors (Lipinski definition) is 4. The van der Waals surface area contributed by atoms with Crippen LogP contribution in [-0.2, 0) is 14.4 Å². The predicted octanol–water partition coefficient (Wildman–Crippen LogP) is 0.903. The number of hydrogen-bond donors (Lipinski definition) is 2. The average molecular weight is 389 g/mol. The fraction of sp³-hybridized carbons (Fsp3) is 0.833. The Bertz CT molecular complexity index is 489. The van der Waals surface area contributed by atoms with E-state index in [4.69, 9.17) is 5.73 Å². The first-order valence-corrected chi connectivity index (χ1v) is 9.64. The molecule has 0 radical (unpaired) electrons. The quantitative estimate of drug-likeness (QED) is 0.706. The van der Waals surface area contributed by atoms with Gasteiger partial charge in [0.15, 0.2) is 0 Å². The minimum Gasteiger partial charge on any atom is -0.355 e. The summed E-state index contributed by atoms with van der Waals surface area (Å²) in [5.41, 5.74) is 5.43. The summed E-state index contributed by atoms with van der Waals surface area (Å²) in [7, 11) is 0. The van der Waals surface area contributed by atoms with Crippen molar-refractivity contribution in [3.05, 3.63) is 0 Å². The van der Waals surface area contributed by atoms with E-state index in [0.717, 1.165) is 38.5 Å². The molecule has 0 aliphatic carbocycles. The van der Waals surface area contributed by atoms with Crippen LogP contribution in [0.2, 0.25) is 0 Å². The van der Waals surface area contributed by atoms with Gasteiger partial charge in [-0.2, -0.15) is 0 Å². The molecule has 2 aliphatic heterocycles. The van der Waals surface area contributed by atoms with E-state index in [1.807, 2.05) is 6.92 Å². The number of piperidine rings is 2. The Morgan fingerprint density at radius 3 is 2.58 bits per heavy atom. The highest BCUT2D eigenvalue weighted by Crippen LogP contribution is 2.24. The van der Waals surface area contributed by atoms with Gasteiger partial charge in [0.05, 0.1) is 5.92 Å². The lowest BCUT2D eigenvalue weighted by Gasteiger charge is -2.40. The van der Waals surface area contributed by atoms with Crippen LogP contribution in [0.15, 0.2) is 0 Å². The minimum absolute atomic E-state index is 0. The fourth-order valence-corrected chi connectivity index (χ4v) is 3.79. The fourth-order valence-electron chi connectivity index (χ4n) is 3.79. The maximum atomic E-state index is 13.0. The molecule has 0 saturated carbocycles. The van der Waals surface area contributed by atoms with Gasteiger partial charge in [0, 0.05) is 39.1 Å². The molecule has 0 aromatic heterocycles. The molecule has 0 spiro atoms. The first-order valence-electron chi connectivity index (χ1n) is 9.64. The molecule has 0 aromatic carbocycles. The second-order valence-electron chi connectivity index (χ2n) is 7.05. The van der Waals surface area contributed by atoms with Gasteiger partial charge in [-0.15, -0.1) is 12.4 Å². The lowest BCUT2D eigenvalue weighted by Crippen LogP contribution is -2.55. The molecule has 150 valence electrons. The Labute approximate surface area is 162 Å². The minimum atomic E-state index is -0.348. The van der Waals surface area contributed by atoms with E-state index < -0.39 is 0 Å². The zero-order chi connectivity index (χ0) is 18.2. The van der Waals surface area contributed by atoms with Gasteiger partial charge in [-0.3, -0.25) is 14.4 Å². The van der Waals surface area contributed by atoms with Crippen LogP contribution < -0.4 is 11.1 Å². The molecule has 0 bridgehead atoms. The van der Waals surface area contributed by atoms with Crippen LogP contribution in [0.1, 0.15) is 51.9 Å². The van der Waals surface area contributed by atoms with E-state index in [-0.39, 0.29) is 42.1 Å². The second-order valence-corrected chi connectivity index (χ2v) is 7.05. The summed E-state index contributed by atoms with van der Waals surface area (Å²) in [6.45, 7) is 4.65. The third kappa shape index (κ3) is 5.84. The summed E-state index contributed by atoms with van der Waals surface area (Å²) in [6, 6.07) is -0.348. The van der Waals surface area contributed by atoms with Crippen molar-refractivity contribution in [1.29, 1.82) is 0 Å². The number of nitrogens with one attached hydrogen (secondary N) is 1. The largest absolute Gasteiger partial charge is 0.355 e. The third-order valence-electron chi connectivity index (χ3n) is 5.12. The molecule has 2 heterocycles. The highest BCUT2D eigenvalue weighted by Gasteiger charge is 2.37. The molecule has 0 aromatic rings. The maximum absolute atomic E-state index is 13.0. The summed E-state index contributed by atoms with van der Waals surface area (Å²) < 4.78 is 0. The van der Waals surface area contributed by atoms with E-state index in [0.29, 0.717) is 39.1 Å². The van der Waals surface area contributed by atoms with Gasteiger partial charge in [0.2, 0.25) is 17.7 Å². The maximum Gasteiger partial charge on any atom is 0.245 e. The highest BCUT2D eigenvalue weighted by molar-refractivity contribution is 5.88. The van der Waals surface area contributed by atoms with Crippen molar-refractivity contribution in [2.45, 2.75) is 57.9 Å². The normalized spacial score (nSPS) is 23.2. The lowest BCUT2D eigenvalue weighted by atomic mass is 9.94. The van der Waals surface area contributed by atoms with E-state index >= 15 is 0 Å². The summed E-state index contributed by atoms with van der Waals surface area (Å²) in [6.07, 6.45) is 5.57. The molecule has 2 aliphatic rings. The van der Waals surface area contributed by atoms with Crippen molar-refractivity contribution in [3.63, 3.8) is 0 Å². The zero-order valence-corrected chi connectivity index (χ0v) is 16.6. The van der Waals surface area contributed by atoms with Gasteiger partial charge < -0.3 is 20.9 Å². The smallest absolute Gasteiger partial charge is 0.245 e. The molecular formula is C18H33ClN4O3. The van der Waals surface area contributed by atoms with Crippen LogP contribution in [-0.4, -0.2) is 66.3 Å². The van der Waals surface area contributed by atoms with Gasteiger partial charge in [-0.25, -0.2) is 0 Å². The van der Waals surface area contributed by atoms with Crippen molar-refractivity contribution >= 4 is 30.1 Å². The first-order chi connectivity index (χ1) is 12.1. The Morgan fingerprint density at radius 2 is 1.88 bits per heavy atom. The monoisotopic (exact) mass is 388 g/mol. The van der Waals surface area contributed by atoms with Crippen LogP contribution in [0, 0.1) is 5.92 Å². The van der Waals surface area contributed by atoms with Crippen molar-refractivity contribution in [2.24, 2.45) is 11.7 Å². The molecule has 2 unspecified atom stereocenters. The number of rotatable bonds is 6. The molecule has 3 N–H and O–H groups in total. The molecule has 2 saturated heterocycles. The highest BCUT2D eigenvalue weighted by atomic mass is 35.5. The molecule has 2 fully saturated rings. The van der Waals surface area contributed by atoms with Crippen molar-refractivity contribution < 1.29 is 14.4 Å². The number of halogens is 1. The van der Waals surface area contributed by atoms with Crippen LogP contribution in [0.4, 0.5) is 0 Å².